The molecule has 0 spiro atoms. The Morgan fingerprint density at radius 2 is 1.82 bits per heavy atom. The molecule has 0 radical (unpaired) electrons. The van der Waals surface area contributed by atoms with E-state index < -0.39 is 27.5 Å². The van der Waals surface area contributed by atoms with Crippen molar-refractivity contribution in [2.24, 2.45) is 0 Å². The van der Waals surface area contributed by atoms with E-state index in [9.17, 15) is 13.2 Å². The molecule has 10 heteroatoms. The van der Waals surface area contributed by atoms with Crippen LogP contribution in [-0.4, -0.2) is 41.2 Å². The van der Waals surface area contributed by atoms with Crippen LogP contribution >= 0.6 is 11.6 Å². The maximum atomic E-state index is 15.4. The Kier molecular flexibility index (Phi) is 7.98. The van der Waals surface area contributed by atoms with E-state index in [0.717, 1.165) is 17.0 Å². The van der Waals surface area contributed by atoms with Crippen LogP contribution in [0.15, 0.2) is 99.6 Å². The number of esters is 1. The average Bonchev–Trinajstić information content (AvgIpc) is 3.02. The number of fused-ring (bicyclic) bond motifs is 1. The number of quaternary nitrogens is 1. The lowest BCUT2D eigenvalue weighted by Gasteiger charge is -2.31. The number of sulfone groups is 1. The number of carbonyl (C=O) groups excluding carboxylic acids is 1. The Bertz CT molecular complexity index is 1600. The van der Waals surface area contributed by atoms with Crippen molar-refractivity contribution in [1.82, 2.24) is 5.32 Å². The molecule has 2 atom stereocenters. The van der Waals surface area contributed by atoms with E-state index in [-0.39, 0.29) is 50.6 Å². The van der Waals surface area contributed by atoms with Gasteiger partial charge in [-0.25, -0.2) is 17.6 Å². The van der Waals surface area contributed by atoms with E-state index >= 15 is 4.39 Å². The van der Waals surface area contributed by atoms with Crippen LogP contribution in [0.4, 0.5) is 4.39 Å². The maximum absolute atomic E-state index is 15.4. The summed E-state index contributed by atoms with van der Waals surface area (Å²) in [6.07, 6.45) is 0. The summed E-state index contributed by atoms with van der Waals surface area (Å²) in [4.78, 5) is 14.5. The van der Waals surface area contributed by atoms with Gasteiger partial charge in [-0.1, -0.05) is 60.1 Å². The third-order valence-corrected chi connectivity index (χ3v) is 9.32. The van der Waals surface area contributed by atoms with Gasteiger partial charge in [0.1, 0.15) is 42.8 Å². The van der Waals surface area contributed by atoms with Gasteiger partial charge in [0, 0.05) is 21.8 Å². The molecule has 208 valence electrons. The zero-order valence-corrected chi connectivity index (χ0v) is 23.6. The van der Waals surface area contributed by atoms with E-state index in [1.165, 1.54) is 24.3 Å². The number of halogens is 2. The van der Waals surface area contributed by atoms with Gasteiger partial charge in [-0.05, 0) is 31.2 Å². The summed E-state index contributed by atoms with van der Waals surface area (Å²) in [5.41, 5.74) is 1.56. The van der Waals surface area contributed by atoms with Crippen molar-refractivity contribution < 1.29 is 32.0 Å². The summed E-state index contributed by atoms with van der Waals surface area (Å²) in [6, 6.07) is 20.3. The molecule has 3 aromatic carbocycles. The molecule has 2 aliphatic heterocycles. The summed E-state index contributed by atoms with van der Waals surface area (Å²) in [6.45, 7) is 2.83. The zero-order valence-electron chi connectivity index (χ0n) is 22.0. The van der Waals surface area contributed by atoms with Crippen LogP contribution in [0.5, 0.6) is 5.75 Å². The molecule has 3 aromatic rings. The molecule has 2 N–H and O–H groups in total. The number of nitrogens with one attached hydrogen (secondary N) is 2. The minimum absolute atomic E-state index is 0.00228. The maximum Gasteiger partial charge on any atom is 0.336 e. The standard InChI is InChI=1S/C30H28ClFN2O5S/c1-19-26(30(35)38-16-15-34(2)17-20-9-4-3-5-10-20)28(27-21(31)11-8-12-22(27)32)29-23(33-19)18-39-24-13-6-7-14-25(24)40(29,36)37/h3-14,28,33H,15-18H2,1-2H3/p+1. The smallest absolute Gasteiger partial charge is 0.336 e. The highest BCUT2D eigenvalue weighted by Crippen LogP contribution is 2.48. The fourth-order valence-corrected chi connectivity index (χ4v) is 7.26. The quantitative estimate of drug-likeness (QED) is 0.412. The van der Waals surface area contributed by atoms with Crippen molar-refractivity contribution in [3.63, 3.8) is 0 Å². The van der Waals surface area contributed by atoms with Crippen molar-refractivity contribution in [2.45, 2.75) is 24.3 Å². The molecule has 0 saturated heterocycles. The molecule has 40 heavy (non-hydrogen) atoms. The van der Waals surface area contributed by atoms with Gasteiger partial charge >= 0.3 is 5.97 Å². The van der Waals surface area contributed by atoms with Gasteiger partial charge in [0.05, 0.1) is 29.1 Å². The molecule has 7 nitrogen and oxygen atoms in total. The number of rotatable bonds is 7. The molecule has 2 heterocycles. The highest BCUT2D eigenvalue weighted by Gasteiger charge is 2.45. The minimum Gasteiger partial charge on any atom is -0.486 e. The third kappa shape index (κ3) is 5.37. The van der Waals surface area contributed by atoms with Crippen LogP contribution in [0.1, 0.15) is 24.0 Å². The first-order valence-corrected chi connectivity index (χ1v) is 14.7. The lowest BCUT2D eigenvalue weighted by molar-refractivity contribution is -0.893. The molecule has 2 aliphatic rings. The lowest BCUT2D eigenvalue weighted by atomic mass is 9.86. The number of hydrogen-bond acceptors (Lipinski definition) is 6. The van der Waals surface area contributed by atoms with E-state index in [1.54, 1.807) is 25.1 Å². The van der Waals surface area contributed by atoms with Crippen molar-refractivity contribution in [1.29, 1.82) is 0 Å². The molecule has 0 saturated carbocycles. The van der Waals surface area contributed by atoms with E-state index in [4.69, 9.17) is 21.1 Å². The van der Waals surface area contributed by atoms with Crippen LogP contribution < -0.4 is 15.0 Å². The molecule has 0 bridgehead atoms. The van der Waals surface area contributed by atoms with Crippen molar-refractivity contribution >= 4 is 27.4 Å². The SMILES string of the molecule is CC1=C(C(=O)OCC[NH+](C)Cc2ccccc2)C(c2c(F)cccc2Cl)C2=C(COc3ccccc3S2(=O)=O)N1. The zero-order chi connectivity index (χ0) is 28.4. The van der Waals surface area contributed by atoms with E-state index in [2.05, 4.69) is 5.32 Å². The lowest BCUT2D eigenvalue weighted by Crippen LogP contribution is -3.08. The Labute approximate surface area is 237 Å². The van der Waals surface area contributed by atoms with Crippen molar-refractivity contribution in [2.75, 3.05) is 26.8 Å². The first-order chi connectivity index (χ1) is 19.2. The average molecular weight is 584 g/mol. The number of para-hydroxylation sites is 1. The van der Waals surface area contributed by atoms with Gasteiger partial charge in [0.25, 0.3) is 0 Å². The number of benzene rings is 3. The van der Waals surface area contributed by atoms with Gasteiger partial charge in [0.2, 0.25) is 9.84 Å². The molecule has 0 fully saturated rings. The van der Waals surface area contributed by atoms with E-state index in [0.29, 0.717) is 12.2 Å². The molecule has 0 amide bonds. The molecule has 0 aliphatic carbocycles. The second-order valence-electron chi connectivity index (χ2n) is 9.82. The summed E-state index contributed by atoms with van der Waals surface area (Å²) >= 11 is 6.48. The first kappa shape index (κ1) is 27.9. The van der Waals surface area contributed by atoms with Crippen LogP contribution in [0.25, 0.3) is 0 Å². The number of dihydropyridines is 1. The third-order valence-electron chi connectivity index (χ3n) is 7.01. The Morgan fingerprint density at radius 3 is 2.58 bits per heavy atom. The molecular weight excluding hydrogens is 555 g/mol. The highest BCUT2D eigenvalue weighted by atomic mass is 35.5. The largest absolute Gasteiger partial charge is 0.486 e. The number of ether oxygens (including phenoxy) is 2. The normalized spacial score (nSPS) is 18.6. The van der Waals surface area contributed by atoms with Crippen molar-refractivity contribution in [3.05, 3.63) is 117 Å². The molecule has 5 rings (SSSR count). The monoisotopic (exact) mass is 583 g/mol. The molecular formula is C30H29ClFN2O5S+. The Balaban J connectivity index is 1.50. The Hall–Kier alpha value is -3.66. The van der Waals surface area contributed by atoms with Crippen LogP contribution in [-0.2, 0) is 25.9 Å². The second-order valence-corrected chi connectivity index (χ2v) is 12.1. The minimum atomic E-state index is -4.25. The topological polar surface area (TPSA) is 86.1 Å². The van der Waals surface area contributed by atoms with Crippen LogP contribution in [0, 0.1) is 5.82 Å². The summed E-state index contributed by atoms with van der Waals surface area (Å²) in [7, 11) is -2.26. The van der Waals surface area contributed by atoms with E-state index in [1.807, 2.05) is 37.4 Å². The number of hydrogen-bond donors (Lipinski definition) is 2. The van der Waals surface area contributed by atoms with Gasteiger partial charge in [0.15, 0.2) is 0 Å². The van der Waals surface area contributed by atoms with Gasteiger partial charge in [-0.15, -0.1) is 0 Å². The molecule has 0 aromatic heterocycles. The summed E-state index contributed by atoms with van der Waals surface area (Å²) in [5.74, 6) is -2.65. The number of carbonyl (C=O) groups is 1. The number of likely N-dealkylation sites (N-methyl/N-ethyl adjacent to an activating group) is 1. The van der Waals surface area contributed by atoms with Crippen LogP contribution in [0.2, 0.25) is 5.02 Å². The highest BCUT2D eigenvalue weighted by molar-refractivity contribution is 7.95. The van der Waals surface area contributed by atoms with Gasteiger partial charge in [-0.2, -0.15) is 0 Å². The summed E-state index contributed by atoms with van der Waals surface area (Å²) < 4.78 is 55.1. The molecule has 2 unspecified atom stereocenters. The van der Waals surface area contributed by atoms with Gasteiger partial charge < -0.3 is 19.7 Å². The van der Waals surface area contributed by atoms with Crippen LogP contribution in [0.3, 0.4) is 0 Å². The fourth-order valence-electron chi connectivity index (χ4n) is 5.12. The summed E-state index contributed by atoms with van der Waals surface area (Å²) in [5, 5.41) is 3.03. The predicted molar refractivity (Wildman–Crippen MR) is 149 cm³/mol. The number of allylic oxidation sites excluding steroid dienone is 2. The second kappa shape index (κ2) is 11.4. The van der Waals surface area contributed by atoms with Crippen molar-refractivity contribution in [3.8, 4) is 5.75 Å². The fraction of sp³-hybridized carbons (Fsp3) is 0.233. The predicted octanol–water partition coefficient (Wildman–Crippen LogP) is 3.78. The Morgan fingerprint density at radius 1 is 1.10 bits per heavy atom. The van der Waals surface area contributed by atoms with Gasteiger partial charge in [-0.3, -0.25) is 0 Å². The first-order valence-electron chi connectivity index (χ1n) is 12.8.